The lowest BCUT2D eigenvalue weighted by atomic mass is 10.2. The largest absolute Gasteiger partial charge is 0.497 e. The van der Waals surface area contributed by atoms with Crippen LogP contribution in [0.3, 0.4) is 0 Å². The Labute approximate surface area is 139 Å². The van der Waals surface area contributed by atoms with Gasteiger partial charge in [0.1, 0.15) is 11.6 Å². The fourth-order valence-corrected chi connectivity index (χ4v) is 1.43. The summed E-state index contributed by atoms with van der Waals surface area (Å²) in [5.74, 6) is 0.650. The third kappa shape index (κ3) is 9.66. The molecule has 0 atom stereocenters. The first kappa shape index (κ1) is 21.1. The van der Waals surface area contributed by atoms with E-state index in [0.29, 0.717) is 12.1 Å². The maximum atomic E-state index is 12.5. The van der Waals surface area contributed by atoms with Crippen LogP contribution in [-0.4, -0.2) is 7.11 Å². The highest BCUT2D eigenvalue weighted by Crippen LogP contribution is 2.10. The van der Waals surface area contributed by atoms with E-state index in [4.69, 9.17) is 16.2 Å². The average molecular weight is 320 g/mol. The molecule has 3 nitrogen and oxygen atoms in total. The number of halogens is 1. The molecule has 0 bridgehead atoms. The first-order valence-corrected chi connectivity index (χ1v) is 7.89. The van der Waals surface area contributed by atoms with E-state index in [9.17, 15) is 4.39 Å². The van der Waals surface area contributed by atoms with Crippen LogP contribution in [-0.2, 0) is 13.1 Å². The van der Waals surface area contributed by atoms with Crippen LogP contribution in [0.15, 0.2) is 48.5 Å². The van der Waals surface area contributed by atoms with Crippen LogP contribution < -0.4 is 16.2 Å². The highest BCUT2D eigenvalue weighted by Gasteiger charge is 1.94. The summed E-state index contributed by atoms with van der Waals surface area (Å²) in [5.41, 5.74) is 12.3. The van der Waals surface area contributed by atoms with Crippen molar-refractivity contribution >= 4 is 0 Å². The van der Waals surface area contributed by atoms with E-state index in [1.54, 1.807) is 25.3 Å². The zero-order chi connectivity index (χ0) is 17.5. The van der Waals surface area contributed by atoms with Crippen LogP contribution in [0.1, 0.15) is 37.8 Å². The standard InChI is InChI=1S/C8H11NO.C7H8FN.C4H10/c1-10-8-4-2-7(6-9)3-5-8;8-7-4-2-1-3-6(7)5-9;1-3-4-2/h2-5H,6,9H2,1H3;1-4H,5,9H2;3-4H2,1-2H3. The van der Waals surface area contributed by atoms with Crippen molar-refractivity contribution in [3.05, 3.63) is 65.5 Å². The number of nitrogens with two attached hydrogens (primary N) is 2. The molecule has 23 heavy (non-hydrogen) atoms. The topological polar surface area (TPSA) is 61.3 Å². The van der Waals surface area contributed by atoms with Gasteiger partial charge in [0.05, 0.1) is 7.11 Å². The highest BCUT2D eigenvalue weighted by atomic mass is 19.1. The van der Waals surface area contributed by atoms with Gasteiger partial charge in [-0.1, -0.05) is 57.0 Å². The van der Waals surface area contributed by atoms with E-state index in [2.05, 4.69) is 13.8 Å². The van der Waals surface area contributed by atoms with Crippen LogP contribution in [0, 0.1) is 5.82 Å². The van der Waals surface area contributed by atoms with E-state index in [1.807, 2.05) is 24.3 Å². The van der Waals surface area contributed by atoms with E-state index in [1.165, 1.54) is 18.9 Å². The molecule has 0 amide bonds. The minimum atomic E-state index is -0.222. The van der Waals surface area contributed by atoms with Gasteiger partial charge in [0.2, 0.25) is 0 Å². The Morgan fingerprint density at radius 3 is 1.78 bits per heavy atom. The molecule has 2 aromatic carbocycles. The number of ether oxygens (including phenoxy) is 1. The smallest absolute Gasteiger partial charge is 0.127 e. The van der Waals surface area contributed by atoms with Gasteiger partial charge in [0, 0.05) is 18.7 Å². The summed E-state index contributed by atoms with van der Waals surface area (Å²) in [7, 11) is 1.65. The zero-order valence-electron chi connectivity index (χ0n) is 14.4. The molecule has 2 aromatic rings. The lowest BCUT2D eigenvalue weighted by Gasteiger charge is -1.99. The molecule has 0 aliphatic heterocycles. The molecular weight excluding hydrogens is 291 g/mol. The number of methoxy groups -OCH3 is 1. The minimum absolute atomic E-state index is 0.222. The normalized spacial score (nSPS) is 9.13. The predicted octanol–water partition coefficient (Wildman–Crippen LogP) is 4.24. The van der Waals surface area contributed by atoms with Gasteiger partial charge in [0.25, 0.3) is 0 Å². The summed E-state index contributed by atoms with van der Waals surface area (Å²) in [4.78, 5) is 0. The number of hydrogen-bond donors (Lipinski definition) is 2. The number of unbranched alkanes of at least 4 members (excludes halogenated alkanes) is 1. The van der Waals surface area contributed by atoms with Crippen molar-refractivity contribution in [2.75, 3.05) is 7.11 Å². The first-order chi connectivity index (χ1) is 11.1. The molecule has 0 spiro atoms. The van der Waals surface area contributed by atoms with E-state index >= 15 is 0 Å². The summed E-state index contributed by atoms with van der Waals surface area (Å²) in [6.45, 7) is 5.22. The van der Waals surface area contributed by atoms with Gasteiger partial charge in [-0.05, 0) is 23.8 Å². The highest BCUT2D eigenvalue weighted by molar-refractivity contribution is 5.26. The fourth-order valence-electron chi connectivity index (χ4n) is 1.43. The van der Waals surface area contributed by atoms with Crippen molar-refractivity contribution in [2.24, 2.45) is 11.5 Å². The lowest BCUT2D eigenvalue weighted by molar-refractivity contribution is 0.414. The van der Waals surface area contributed by atoms with Crippen molar-refractivity contribution in [2.45, 2.75) is 39.8 Å². The summed E-state index contributed by atoms with van der Waals surface area (Å²) >= 11 is 0. The molecule has 0 aromatic heterocycles. The monoisotopic (exact) mass is 320 g/mol. The summed E-state index contributed by atoms with van der Waals surface area (Å²) in [6.07, 6.45) is 2.64. The maximum Gasteiger partial charge on any atom is 0.127 e. The summed E-state index contributed by atoms with van der Waals surface area (Å²) in [6, 6.07) is 14.2. The number of benzene rings is 2. The fraction of sp³-hybridized carbons (Fsp3) is 0.368. The Balaban J connectivity index is 0.000000345. The Bertz CT molecular complexity index is 490. The second-order valence-electron chi connectivity index (χ2n) is 4.85. The molecule has 0 aliphatic rings. The van der Waals surface area contributed by atoms with Gasteiger partial charge < -0.3 is 16.2 Å². The molecule has 0 saturated heterocycles. The van der Waals surface area contributed by atoms with Gasteiger partial charge in [-0.25, -0.2) is 4.39 Å². The van der Waals surface area contributed by atoms with Crippen LogP contribution in [0.2, 0.25) is 0 Å². The molecule has 0 unspecified atom stereocenters. The molecule has 2 rings (SSSR count). The summed E-state index contributed by atoms with van der Waals surface area (Å²) in [5, 5.41) is 0. The molecule has 0 heterocycles. The third-order valence-corrected chi connectivity index (χ3v) is 3.07. The van der Waals surface area contributed by atoms with Crippen molar-refractivity contribution in [3.8, 4) is 5.75 Å². The van der Waals surface area contributed by atoms with Crippen LogP contribution in [0.4, 0.5) is 4.39 Å². The SMILES string of the molecule is CCCC.COc1ccc(CN)cc1.NCc1ccccc1F. The van der Waals surface area contributed by atoms with E-state index in [0.717, 1.165) is 11.3 Å². The second-order valence-corrected chi connectivity index (χ2v) is 4.85. The van der Waals surface area contributed by atoms with Gasteiger partial charge in [-0.2, -0.15) is 0 Å². The van der Waals surface area contributed by atoms with Gasteiger partial charge >= 0.3 is 0 Å². The molecule has 128 valence electrons. The molecule has 0 aliphatic carbocycles. The third-order valence-electron chi connectivity index (χ3n) is 3.07. The van der Waals surface area contributed by atoms with E-state index in [-0.39, 0.29) is 12.4 Å². The second kappa shape index (κ2) is 13.7. The summed E-state index contributed by atoms with van der Waals surface area (Å²) < 4.78 is 17.5. The average Bonchev–Trinajstić information content (AvgIpc) is 2.63. The van der Waals surface area contributed by atoms with Crippen LogP contribution in [0.5, 0.6) is 5.75 Å². The van der Waals surface area contributed by atoms with Crippen molar-refractivity contribution in [3.63, 3.8) is 0 Å². The Morgan fingerprint density at radius 1 is 0.870 bits per heavy atom. The van der Waals surface area contributed by atoms with Crippen molar-refractivity contribution in [1.82, 2.24) is 0 Å². The van der Waals surface area contributed by atoms with Crippen LogP contribution >= 0.6 is 0 Å². The first-order valence-electron chi connectivity index (χ1n) is 7.89. The molecule has 0 fully saturated rings. The molecule has 4 N–H and O–H groups in total. The van der Waals surface area contributed by atoms with Gasteiger partial charge in [0.15, 0.2) is 0 Å². The maximum absolute atomic E-state index is 12.5. The predicted molar refractivity (Wildman–Crippen MR) is 95.8 cm³/mol. The molecule has 4 heteroatoms. The van der Waals surface area contributed by atoms with Crippen molar-refractivity contribution in [1.29, 1.82) is 0 Å². The lowest BCUT2D eigenvalue weighted by Crippen LogP contribution is -1.98. The van der Waals surface area contributed by atoms with Gasteiger partial charge in [-0.3, -0.25) is 0 Å². The molecule has 0 saturated carbocycles. The molecular formula is C19H29FN2O. The zero-order valence-corrected chi connectivity index (χ0v) is 14.4. The number of rotatable bonds is 4. The van der Waals surface area contributed by atoms with Crippen LogP contribution in [0.25, 0.3) is 0 Å². The van der Waals surface area contributed by atoms with Crippen molar-refractivity contribution < 1.29 is 9.13 Å². The Morgan fingerprint density at radius 2 is 1.43 bits per heavy atom. The molecule has 0 radical (unpaired) electrons. The minimum Gasteiger partial charge on any atom is -0.497 e. The quantitative estimate of drug-likeness (QED) is 0.885. The Hall–Kier alpha value is -1.91. The Kier molecular flexibility index (Phi) is 12.6. The van der Waals surface area contributed by atoms with Gasteiger partial charge in [-0.15, -0.1) is 0 Å². The van der Waals surface area contributed by atoms with E-state index < -0.39 is 0 Å². The number of hydrogen-bond acceptors (Lipinski definition) is 3.